The SMILES string of the molecule is C[C@@H](C(=O)Nc1cccc(C(F)(F)F)c1)n1c(C(F)(F)F)nc2ccccc21. The van der Waals surface area contributed by atoms with E-state index >= 15 is 0 Å². The van der Waals surface area contributed by atoms with E-state index in [1.54, 1.807) is 0 Å². The number of carbonyl (C=O) groups excluding carboxylic acids is 1. The van der Waals surface area contributed by atoms with Gasteiger partial charge in [-0.25, -0.2) is 4.98 Å². The molecule has 2 aromatic carbocycles. The molecule has 148 valence electrons. The molecule has 28 heavy (non-hydrogen) atoms. The highest BCUT2D eigenvalue weighted by atomic mass is 19.4. The Hall–Kier alpha value is -3.04. The fraction of sp³-hybridized carbons (Fsp3) is 0.222. The Morgan fingerprint density at radius 2 is 1.68 bits per heavy atom. The van der Waals surface area contributed by atoms with Crippen LogP contribution >= 0.6 is 0 Å². The van der Waals surface area contributed by atoms with E-state index in [1.807, 2.05) is 0 Å². The van der Waals surface area contributed by atoms with E-state index in [0.717, 1.165) is 16.7 Å². The second-order valence-corrected chi connectivity index (χ2v) is 6.04. The van der Waals surface area contributed by atoms with Crippen molar-refractivity contribution in [2.24, 2.45) is 0 Å². The molecule has 0 aliphatic carbocycles. The number of hydrogen-bond donors (Lipinski definition) is 1. The number of amides is 1. The van der Waals surface area contributed by atoms with E-state index in [9.17, 15) is 31.1 Å². The topological polar surface area (TPSA) is 46.9 Å². The summed E-state index contributed by atoms with van der Waals surface area (Å²) in [7, 11) is 0. The van der Waals surface area contributed by atoms with Gasteiger partial charge in [-0.15, -0.1) is 0 Å². The average Bonchev–Trinajstić information content (AvgIpc) is 3.00. The third-order valence-electron chi connectivity index (χ3n) is 4.07. The van der Waals surface area contributed by atoms with Crippen LogP contribution in [0.2, 0.25) is 0 Å². The molecule has 0 aliphatic heterocycles. The molecule has 0 saturated carbocycles. The molecule has 0 unspecified atom stereocenters. The van der Waals surface area contributed by atoms with Crippen LogP contribution in [0.3, 0.4) is 0 Å². The lowest BCUT2D eigenvalue weighted by Gasteiger charge is -2.19. The molecular weight excluding hydrogens is 388 g/mol. The summed E-state index contributed by atoms with van der Waals surface area (Å²) in [5.41, 5.74) is -1.03. The number of aromatic nitrogens is 2. The van der Waals surface area contributed by atoms with Gasteiger partial charge in [0.15, 0.2) is 0 Å². The summed E-state index contributed by atoms with van der Waals surface area (Å²) in [6, 6.07) is 8.23. The van der Waals surface area contributed by atoms with Gasteiger partial charge in [-0.1, -0.05) is 18.2 Å². The molecule has 0 fully saturated rings. The predicted molar refractivity (Wildman–Crippen MR) is 89.5 cm³/mol. The van der Waals surface area contributed by atoms with Gasteiger partial charge < -0.3 is 9.88 Å². The second-order valence-electron chi connectivity index (χ2n) is 6.04. The van der Waals surface area contributed by atoms with Crippen LogP contribution in [-0.4, -0.2) is 15.5 Å². The minimum atomic E-state index is -4.82. The molecular formula is C18H13F6N3O. The molecule has 3 aromatic rings. The van der Waals surface area contributed by atoms with Crippen LogP contribution in [0.4, 0.5) is 32.0 Å². The van der Waals surface area contributed by atoms with Crippen LogP contribution in [0, 0.1) is 0 Å². The number of fused-ring (bicyclic) bond motifs is 1. The fourth-order valence-corrected chi connectivity index (χ4v) is 2.77. The normalized spacial score (nSPS) is 13.5. The van der Waals surface area contributed by atoms with Gasteiger partial charge in [0, 0.05) is 5.69 Å². The number of imidazole rings is 1. The molecule has 0 saturated heterocycles. The number of benzene rings is 2. The first-order valence-electron chi connectivity index (χ1n) is 8.01. The zero-order chi connectivity index (χ0) is 20.7. The Balaban J connectivity index is 1.97. The van der Waals surface area contributed by atoms with E-state index < -0.39 is 35.7 Å². The van der Waals surface area contributed by atoms with E-state index in [1.165, 1.54) is 37.3 Å². The summed E-state index contributed by atoms with van der Waals surface area (Å²) in [6.45, 7) is 1.21. The summed E-state index contributed by atoms with van der Waals surface area (Å²) in [4.78, 5) is 16.0. The first kappa shape index (κ1) is 19.7. The smallest absolute Gasteiger partial charge is 0.324 e. The average molecular weight is 401 g/mol. The van der Waals surface area contributed by atoms with Gasteiger partial charge in [0.2, 0.25) is 11.7 Å². The number of carbonyl (C=O) groups is 1. The van der Waals surface area contributed by atoms with Crippen molar-refractivity contribution >= 4 is 22.6 Å². The standard InChI is InChI=1S/C18H13F6N3O/c1-10(15(28)25-12-6-4-5-11(9-12)17(19,20)21)27-14-8-3-2-7-13(14)26-16(27)18(22,23)24/h2-10H,1H3,(H,25,28)/t10-/m0/s1. The van der Waals surface area contributed by atoms with Crippen molar-refractivity contribution in [2.75, 3.05) is 5.32 Å². The number of nitrogens with one attached hydrogen (secondary N) is 1. The van der Waals surface area contributed by atoms with Crippen molar-refractivity contribution in [1.82, 2.24) is 9.55 Å². The lowest BCUT2D eigenvalue weighted by atomic mass is 10.2. The second kappa shape index (κ2) is 6.84. The van der Waals surface area contributed by atoms with Gasteiger partial charge in [0.1, 0.15) is 6.04 Å². The Kier molecular flexibility index (Phi) is 4.82. The van der Waals surface area contributed by atoms with Gasteiger partial charge in [-0.2, -0.15) is 26.3 Å². The van der Waals surface area contributed by atoms with Crippen molar-refractivity contribution in [2.45, 2.75) is 25.3 Å². The monoisotopic (exact) mass is 401 g/mol. The van der Waals surface area contributed by atoms with Gasteiger partial charge in [0.25, 0.3) is 0 Å². The molecule has 4 nitrogen and oxygen atoms in total. The number of para-hydroxylation sites is 2. The van der Waals surface area contributed by atoms with Crippen molar-refractivity contribution in [3.8, 4) is 0 Å². The van der Waals surface area contributed by atoms with Crippen LogP contribution in [0.25, 0.3) is 11.0 Å². The predicted octanol–water partition coefficient (Wildman–Crippen LogP) is 5.27. The number of anilines is 1. The van der Waals surface area contributed by atoms with E-state index in [4.69, 9.17) is 0 Å². The first-order chi connectivity index (χ1) is 13.0. The molecule has 10 heteroatoms. The molecule has 1 atom stereocenters. The Bertz CT molecular complexity index is 1020. The largest absolute Gasteiger partial charge is 0.449 e. The van der Waals surface area contributed by atoms with Gasteiger partial charge in [-0.05, 0) is 37.3 Å². The molecule has 0 radical (unpaired) electrons. The van der Waals surface area contributed by atoms with Gasteiger partial charge >= 0.3 is 12.4 Å². The molecule has 3 rings (SSSR count). The van der Waals surface area contributed by atoms with Crippen LogP contribution in [-0.2, 0) is 17.1 Å². The first-order valence-corrected chi connectivity index (χ1v) is 8.01. The highest BCUT2D eigenvalue weighted by molar-refractivity contribution is 5.94. The van der Waals surface area contributed by atoms with E-state index in [2.05, 4.69) is 10.3 Å². The van der Waals surface area contributed by atoms with Crippen molar-refractivity contribution in [1.29, 1.82) is 0 Å². The molecule has 0 spiro atoms. The van der Waals surface area contributed by atoms with Gasteiger partial charge in [0.05, 0.1) is 16.6 Å². The number of nitrogens with zero attached hydrogens (tertiary/aromatic N) is 2. The van der Waals surface area contributed by atoms with Crippen molar-refractivity contribution in [3.05, 3.63) is 59.9 Å². The number of halogens is 6. The summed E-state index contributed by atoms with van der Waals surface area (Å²) in [5.74, 6) is -2.17. The molecule has 1 N–H and O–H groups in total. The molecule has 0 aliphatic rings. The van der Waals surface area contributed by atoms with Crippen LogP contribution in [0.1, 0.15) is 24.4 Å². The summed E-state index contributed by atoms with van der Waals surface area (Å²) < 4.78 is 79.3. The number of alkyl halides is 6. The highest BCUT2D eigenvalue weighted by Gasteiger charge is 2.39. The van der Waals surface area contributed by atoms with Gasteiger partial charge in [-0.3, -0.25) is 4.79 Å². The Morgan fingerprint density at radius 1 is 1.00 bits per heavy atom. The summed E-state index contributed by atoms with van der Waals surface area (Å²) >= 11 is 0. The fourth-order valence-electron chi connectivity index (χ4n) is 2.77. The minimum absolute atomic E-state index is 0.0496. The highest BCUT2D eigenvalue weighted by Crippen LogP contribution is 2.34. The zero-order valence-corrected chi connectivity index (χ0v) is 14.3. The van der Waals surface area contributed by atoms with Crippen LogP contribution in [0.5, 0.6) is 0 Å². The van der Waals surface area contributed by atoms with E-state index in [-0.39, 0.29) is 16.7 Å². The van der Waals surface area contributed by atoms with E-state index in [0.29, 0.717) is 6.07 Å². The van der Waals surface area contributed by atoms with Crippen LogP contribution < -0.4 is 5.32 Å². The van der Waals surface area contributed by atoms with Crippen LogP contribution in [0.15, 0.2) is 48.5 Å². The molecule has 0 bridgehead atoms. The molecule has 1 amide bonds. The Morgan fingerprint density at radius 3 is 2.32 bits per heavy atom. The Labute approximate surface area is 154 Å². The lowest BCUT2D eigenvalue weighted by molar-refractivity contribution is -0.148. The summed E-state index contributed by atoms with van der Waals surface area (Å²) in [6.07, 6.45) is -9.43. The maximum atomic E-state index is 13.4. The molecule has 1 aromatic heterocycles. The minimum Gasteiger partial charge on any atom is -0.324 e. The lowest BCUT2D eigenvalue weighted by Crippen LogP contribution is -2.27. The van der Waals surface area contributed by atoms with Crippen molar-refractivity contribution < 1.29 is 31.1 Å². The summed E-state index contributed by atoms with van der Waals surface area (Å²) in [5, 5.41) is 2.23. The third-order valence-corrected chi connectivity index (χ3v) is 4.07. The maximum Gasteiger partial charge on any atom is 0.449 e. The quantitative estimate of drug-likeness (QED) is 0.608. The number of hydrogen-bond acceptors (Lipinski definition) is 2. The number of rotatable bonds is 3. The maximum absolute atomic E-state index is 13.4. The molecule has 1 heterocycles. The third kappa shape index (κ3) is 3.80. The zero-order valence-electron chi connectivity index (χ0n) is 14.3. The van der Waals surface area contributed by atoms with Crippen molar-refractivity contribution in [3.63, 3.8) is 0 Å².